The lowest BCUT2D eigenvalue weighted by atomic mass is 10.1. The molecule has 1 fully saturated rings. The molecule has 0 unspecified atom stereocenters. The highest BCUT2D eigenvalue weighted by Crippen LogP contribution is 2.29. The number of hydrogen-bond donors (Lipinski definition) is 1. The number of nitrogens with one attached hydrogen (secondary N) is 1. The van der Waals surface area contributed by atoms with Gasteiger partial charge in [0.05, 0.1) is 5.56 Å². The smallest absolute Gasteiger partial charge is 0.360 e. The molecule has 1 aromatic heterocycles. The van der Waals surface area contributed by atoms with Crippen molar-refractivity contribution >= 4 is 17.6 Å². The van der Waals surface area contributed by atoms with E-state index in [1.54, 1.807) is 13.0 Å². The van der Waals surface area contributed by atoms with E-state index in [2.05, 4.69) is 10.5 Å². The summed E-state index contributed by atoms with van der Waals surface area (Å²) in [5, 5.41) is 6.25. The summed E-state index contributed by atoms with van der Waals surface area (Å²) in [6, 6.07) is 4.81. The van der Waals surface area contributed by atoms with Crippen LogP contribution in [0.15, 0.2) is 34.9 Å². The van der Waals surface area contributed by atoms with Crippen LogP contribution in [0.4, 0.5) is 19.0 Å². The summed E-state index contributed by atoms with van der Waals surface area (Å²) in [6.45, 7) is 2.04. The third kappa shape index (κ3) is 3.71. The first-order chi connectivity index (χ1) is 12.3. The van der Waals surface area contributed by atoms with Crippen LogP contribution < -0.4 is 5.32 Å². The lowest BCUT2D eigenvalue weighted by molar-refractivity contribution is -0.137. The van der Waals surface area contributed by atoms with Crippen molar-refractivity contribution in [2.75, 3.05) is 11.9 Å². The molecule has 0 bridgehead atoms. The molecule has 1 saturated heterocycles. The number of likely N-dealkylation sites (tertiary alicyclic amines) is 1. The summed E-state index contributed by atoms with van der Waals surface area (Å²) in [6.07, 6.45) is -3.37. The maximum atomic E-state index is 12.6. The topological polar surface area (TPSA) is 75.4 Å². The molecular formula is C17H16F3N3O3. The number of alkyl halides is 3. The van der Waals surface area contributed by atoms with E-state index in [0.717, 1.165) is 24.3 Å². The lowest BCUT2D eigenvalue weighted by Crippen LogP contribution is -2.43. The van der Waals surface area contributed by atoms with Crippen LogP contribution in [-0.2, 0) is 11.0 Å². The molecule has 1 atom stereocenters. The predicted molar refractivity (Wildman–Crippen MR) is 85.4 cm³/mol. The van der Waals surface area contributed by atoms with Gasteiger partial charge < -0.3 is 14.7 Å². The Kier molecular flexibility index (Phi) is 4.71. The molecule has 1 aliphatic rings. The minimum absolute atomic E-state index is 0.106. The van der Waals surface area contributed by atoms with Crippen LogP contribution >= 0.6 is 0 Å². The van der Waals surface area contributed by atoms with Crippen molar-refractivity contribution in [2.24, 2.45) is 0 Å². The maximum absolute atomic E-state index is 12.6. The van der Waals surface area contributed by atoms with Gasteiger partial charge in [0, 0.05) is 18.2 Å². The summed E-state index contributed by atoms with van der Waals surface area (Å²) in [4.78, 5) is 26.4. The summed E-state index contributed by atoms with van der Waals surface area (Å²) in [5.74, 6) is -0.102. The van der Waals surface area contributed by atoms with Crippen molar-refractivity contribution in [3.8, 4) is 0 Å². The quantitative estimate of drug-likeness (QED) is 0.904. The fraction of sp³-hybridized carbons (Fsp3) is 0.353. The Morgan fingerprint density at radius 3 is 2.54 bits per heavy atom. The predicted octanol–water partition coefficient (Wildman–Crippen LogP) is 3.25. The van der Waals surface area contributed by atoms with Crippen LogP contribution in [0.25, 0.3) is 0 Å². The number of amides is 2. The average molecular weight is 367 g/mol. The number of carbonyl (C=O) groups excluding carboxylic acids is 2. The highest BCUT2D eigenvalue weighted by Gasteiger charge is 2.35. The molecule has 138 valence electrons. The van der Waals surface area contributed by atoms with E-state index in [-0.39, 0.29) is 11.4 Å². The normalized spacial score (nSPS) is 17.4. The fourth-order valence-corrected chi connectivity index (χ4v) is 2.88. The molecule has 0 radical (unpaired) electrons. The molecule has 0 aliphatic carbocycles. The van der Waals surface area contributed by atoms with Gasteiger partial charge in [0.1, 0.15) is 11.8 Å². The summed E-state index contributed by atoms with van der Waals surface area (Å²) in [7, 11) is 0. The van der Waals surface area contributed by atoms with Crippen molar-refractivity contribution in [3.05, 3.63) is 47.2 Å². The second-order valence-corrected chi connectivity index (χ2v) is 6.04. The lowest BCUT2D eigenvalue weighted by Gasteiger charge is -2.23. The van der Waals surface area contributed by atoms with Crippen molar-refractivity contribution in [2.45, 2.75) is 32.0 Å². The van der Waals surface area contributed by atoms with Crippen LogP contribution in [-0.4, -0.2) is 34.5 Å². The number of halogens is 3. The number of anilines is 1. The molecule has 1 aromatic carbocycles. The van der Waals surface area contributed by atoms with Gasteiger partial charge >= 0.3 is 6.18 Å². The van der Waals surface area contributed by atoms with Gasteiger partial charge in [-0.05, 0) is 44.0 Å². The Morgan fingerprint density at radius 1 is 1.27 bits per heavy atom. The number of benzene rings is 1. The number of hydrogen-bond acceptors (Lipinski definition) is 4. The number of aromatic nitrogens is 1. The van der Waals surface area contributed by atoms with Gasteiger partial charge in [0.25, 0.3) is 5.91 Å². The Morgan fingerprint density at radius 2 is 1.96 bits per heavy atom. The van der Waals surface area contributed by atoms with Gasteiger partial charge in [-0.2, -0.15) is 13.2 Å². The van der Waals surface area contributed by atoms with Crippen molar-refractivity contribution in [1.82, 2.24) is 10.1 Å². The third-order valence-electron chi connectivity index (χ3n) is 4.15. The van der Waals surface area contributed by atoms with Crippen molar-refractivity contribution in [3.63, 3.8) is 0 Å². The number of carbonyl (C=O) groups is 2. The van der Waals surface area contributed by atoms with Gasteiger partial charge in [-0.1, -0.05) is 5.16 Å². The molecule has 0 spiro atoms. The Balaban J connectivity index is 1.72. The van der Waals surface area contributed by atoms with E-state index in [1.807, 2.05) is 0 Å². The number of aryl methyl sites for hydroxylation is 1. The molecule has 26 heavy (non-hydrogen) atoms. The molecule has 2 heterocycles. The largest absolute Gasteiger partial charge is 0.416 e. The van der Waals surface area contributed by atoms with Crippen LogP contribution in [0.1, 0.15) is 34.5 Å². The van der Waals surface area contributed by atoms with Gasteiger partial charge in [-0.3, -0.25) is 9.59 Å². The van der Waals surface area contributed by atoms with E-state index in [0.29, 0.717) is 25.1 Å². The molecule has 0 saturated carbocycles. The number of rotatable bonds is 3. The summed E-state index contributed by atoms with van der Waals surface area (Å²) >= 11 is 0. The van der Waals surface area contributed by atoms with Crippen molar-refractivity contribution < 1.29 is 27.3 Å². The van der Waals surface area contributed by atoms with E-state index in [1.165, 1.54) is 4.90 Å². The minimum atomic E-state index is -4.46. The van der Waals surface area contributed by atoms with Crippen molar-refractivity contribution in [1.29, 1.82) is 0 Å². The Hall–Kier alpha value is -2.84. The van der Waals surface area contributed by atoms with Gasteiger partial charge in [-0.25, -0.2) is 0 Å². The summed E-state index contributed by atoms with van der Waals surface area (Å²) < 4.78 is 42.8. The van der Waals surface area contributed by atoms with Gasteiger partial charge in [-0.15, -0.1) is 0 Å². The molecule has 1 N–H and O–H groups in total. The molecule has 3 rings (SSSR count). The highest BCUT2D eigenvalue weighted by molar-refractivity contribution is 6.01. The monoisotopic (exact) mass is 367 g/mol. The molecule has 2 amide bonds. The first-order valence-corrected chi connectivity index (χ1v) is 7.98. The standard InChI is InChI=1S/C17H16F3N3O3/c1-10-9-14(22-26-10)21-15(24)13-3-2-8-23(13)16(25)11-4-6-12(7-5-11)17(18,19)20/h4-7,9,13H,2-3,8H2,1H3,(H,21,22,24)/t13-/m0/s1. The zero-order valence-corrected chi connectivity index (χ0v) is 13.8. The third-order valence-corrected chi connectivity index (χ3v) is 4.15. The Bertz CT molecular complexity index is 815. The van der Waals surface area contributed by atoms with E-state index in [9.17, 15) is 22.8 Å². The molecular weight excluding hydrogens is 351 g/mol. The van der Waals surface area contributed by atoms with E-state index < -0.39 is 29.6 Å². The maximum Gasteiger partial charge on any atom is 0.416 e. The highest BCUT2D eigenvalue weighted by atomic mass is 19.4. The first-order valence-electron chi connectivity index (χ1n) is 7.98. The second-order valence-electron chi connectivity index (χ2n) is 6.04. The summed E-state index contributed by atoms with van der Waals surface area (Å²) in [5.41, 5.74) is -0.721. The van der Waals surface area contributed by atoms with E-state index >= 15 is 0 Å². The molecule has 2 aromatic rings. The van der Waals surface area contributed by atoms with Gasteiger partial charge in [0.2, 0.25) is 5.91 Å². The second kappa shape index (κ2) is 6.81. The van der Waals surface area contributed by atoms with E-state index in [4.69, 9.17) is 4.52 Å². The molecule has 1 aliphatic heterocycles. The van der Waals surface area contributed by atoms with Gasteiger partial charge in [0.15, 0.2) is 5.82 Å². The minimum Gasteiger partial charge on any atom is -0.360 e. The molecule has 6 nitrogen and oxygen atoms in total. The average Bonchev–Trinajstić information content (AvgIpc) is 3.22. The zero-order valence-electron chi connectivity index (χ0n) is 13.8. The zero-order chi connectivity index (χ0) is 18.9. The fourth-order valence-electron chi connectivity index (χ4n) is 2.88. The first kappa shape index (κ1) is 18.0. The SMILES string of the molecule is Cc1cc(NC(=O)[C@@H]2CCCN2C(=O)c2ccc(C(F)(F)F)cc2)no1. The van der Waals surface area contributed by atoms with Crippen LogP contribution in [0.3, 0.4) is 0 Å². The van der Waals surface area contributed by atoms with Crippen LogP contribution in [0.2, 0.25) is 0 Å². The Labute approximate surface area is 146 Å². The van der Waals surface area contributed by atoms with Crippen LogP contribution in [0.5, 0.6) is 0 Å². The van der Waals surface area contributed by atoms with Crippen LogP contribution in [0, 0.1) is 6.92 Å². The molecule has 9 heteroatoms. The number of nitrogens with zero attached hydrogens (tertiary/aromatic N) is 2.